The maximum Gasteiger partial charge on any atom is 0.391 e. The standard InChI is InChI=1S/C17H16F3N5OS/c18-17(19,20)10-1-3-11(4-2-10)22-15(26)13-14-12(5-8-27-14)23-16(24-13)25-7-6-21-9-25/h5-11H,1-4H2,(H,22,26)/t10-,11-. The molecule has 1 aliphatic carbocycles. The van der Waals surface area contributed by atoms with Crippen LogP contribution in [0.1, 0.15) is 36.2 Å². The number of nitrogens with one attached hydrogen (secondary N) is 1. The molecule has 142 valence electrons. The number of halogens is 3. The van der Waals surface area contributed by atoms with E-state index in [4.69, 9.17) is 0 Å². The van der Waals surface area contributed by atoms with Gasteiger partial charge >= 0.3 is 6.18 Å². The van der Waals surface area contributed by atoms with Crippen molar-refractivity contribution < 1.29 is 18.0 Å². The smallest absolute Gasteiger partial charge is 0.348 e. The average Bonchev–Trinajstić information content (AvgIpc) is 3.32. The lowest BCUT2D eigenvalue weighted by Crippen LogP contribution is -2.40. The molecule has 27 heavy (non-hydrogen) atoms. The number of amides is 1. The summed E-state index contributed by atoms with van der Waals surface area (Å²) < 4.78 is 40.7. The molecule has 0 unspecified atom stereocenters. The van der Waals surface area contributed by atoms with Gasteiger partial charge in [0.25, 0.3) is 5.91 Å². The number of rotatable bonds is 3. The first-order valence-corrected chi connectivity index (χ1v) is 9.41. The molecule has 3 heterocycles. The highest BCUT2D eigenvalue weighted by atomic mass is 32.1. The Morgan fingerprint density at radius 2 is 2.00 bits per heavy atom. The first-order chi connectivity index (χ1) is 12.9. The van der Waals surface area contributed by atoms with Gasteiger partial charge in [-0.25, -0.2) is 15.0 Å². The van der Waals surface area contributed by atoms with Gasteiger partial charge in [0.05, 0.1) is 16.1 Å². The third-order valence-electron chi connectivity index (χ3n) is 4.77. The number of aromatic nitrogens is 4. The van der Waals surface area contributed by atoms with Gasteiger partial charge in [-0.1, -0.05) is 0 Å². The maximum absolute atomic E-state index is 12.8. The lowest BCUT2D eigenvalue weighted by Gasteiger charge is -2.30. The van der Waals surface area contributed by atoms with Crippen molar-refractivity contribution in [1.82, 2.24) is 24.8 Å². The zero-order valence-corrected chi connectivity index (χ0v) is 14.9. The Balaban J connectivity index is 1.54. The van der Waals surface area contributed by atoms with Crippen LogP contribution >= 0.6 is 11.3 Å². The van der Waals surface area contributed by atoms with E-state index in [1.165, 1.54) is 17.7 Å². The monoisotopic (exact) mass is 395 g/mol. The highest BCUT2D eigenvalue weighted by molar-refractivity contribution is 7.17. The lowest BCUT2D eigenvalue weighted by molar-refractivity contribution is -0.182. The van der Waals surface area contributed by atoms with Gasteiger partial charge in [0.2, 0.25) is 5.95 Å². The van der Waals surface area contributed by atoms with Crippen molar-refractivity contribution >= 4 is 27.5 Å². The van der Waals surface area contributed by atoms with E-state index in [-0.39, 0.29) is 30.5 Å². The van der Waals surface area contributed by atoms with Gasteiger partial charge in [-0.3, -0.25) is 9.36 Å². The van der Waals surface area contributed by atoms with Crippen molar-refractivity contribution in [3.8, 4) is 5.95 Å². The summed E-state index contributed by atoms with van der Waals surface area (Å²) in [4.78, 5) is 25.5. The molecule has 1 amide bonds. The van der Waals surface area contributed by atoms with E-state index in [1.807, 2.05) is 5.38 Å². The first kappa shape index (κ1) is 17.9. The van der Waals surface area contributed by atoms with Gasteiger partial charge in [-0.15, -0.1) is 11.3 Å². The van der Waals surface area contributed by atoms with Crippen molar-refractivity contribution in [1.29, 1.82) is 0 Å². The minimum atomic E-state index is -4.16. The number of carbonyl (C=O) groups is 1. The van der Waals surface area contributed by atoms with E-state index < -0.39 is 12.1 Å². The summed E-state index contributed by atoms with van der Waals surface area (Å²) in [6.07, 6.45) is 1.32. The predicted octanol–water partition coefficient (Wildman–Crippen LogP) is 3.73. The van der Waals surface area contributed by atoms with Crippen molar-refractivity contribution in [2.75, 3.05) is 0 Å². The van der Waals surface area contributed by atoms with E-state index >= 15 is 0 Å². The number of fused-ring (bicyclic) bond motifs is 1. The zero-order chi connectivity index (χ0) is 19.0. The second kappa shape index (κ2) is 6.91. The van der Waals surface area contributed by atoms with Crippen LogP contribution in [0.4, 0.5) is 13.2 Å². The topological polar surface area (TPSA) is 72.7 Å². The molecular formula is C17H16F3N5OS. The Morgan fingerprint density at radius 3 is 2.67 bits per heavy atom. The minimum absolute atomic E-state index is 0.0346. The highest BCUT2D eigenvalue weighted by Gasteiger charge is 2.41. The Labute approximate surface area is 156 Å². The number of carbonyl (C=O) groups excluding carboxylic acids is 1. The molecule has 0 spiro atoms. The summed E-state index contributed by atoms with van der Waals surface area (Å²) >= 11 is 1.35. The van der Waals surface area contributed by atoms with Gasteiger partial charge in [0, 0.05) is 18.4 Å². The van der Waals surface area contributed by atoms with Gasteiger partial charge in [0.15, 0.2) is 5.69 Å². The van der Waals surface area contributed by atoms with E-state index in [9.17, 15) is 18.0 Å². The van der Waals surface area contributed by atoms with Crippen LogP contribution in [0, 0.1) is 5.92 Å². The van der Waals surface area contributed by atoms with Crippen LogP contribution in [0.3, 0.4) is 0 Å². The van der Waals surface area contributed by atoms with Crippen LogP contribution in [0.25, 0.3) is 16.2 Å². The minimum Gasteiger partial charge on any atom is -0.348 e. The quantitative estimate of drug-likeness (QED) is 0.734. The van der Waals surface area contributed by atoms with E-state index in [0.29, 0.717) is 29.0 Å². The van der Waals surface area contributed by atoms with Crippen LogP contribution in [-0.4, -0.2) is 37.6 Å². The van der Waals surface area contributed by atoms with Gasteiger partial charge < -0.3 is 5.32 Å². The molecular weight excluding hydrogens is 379 g/mol. The molecule has 0 saturated heterocycles. The molecule has 1 N–H and O–H groups in total. The second-order valence-corrected chi connectivity index (χ2v) is 7.46. The van der Waals surface area contributed by atoms with Crippen LogP contribution in [0.2, 0.25) is 0 Å². The molecule has 0 radical (unpaired) electrons. The molecule has 0 bridgehead atoms. The third kappa shape index (κ3) is 3.66. The van der Waals surface area contributed by atoms with Crippen molar-refractivity contribution in [2.24, 2.45) is 5.92 Å². The predicted molar refractivity (Wildman–Crippen MR) is 93.8 cm³/mol. The second-order valence-electron chi connectivity index (χ2n) is 6.54. The summed E-state index contributed by atoms with van der Waals surface area (Å²) in [5.41, 5.74) is 0.876. The Hall–Kier alpha value is -2.49. The number of alkyl halides is 3. The van der Waals surface area contributed by atoms with E-state index in [0.717, 1.165) is 0 Å². The molecule has 1 fully saturated rings. The first-order valence-electron chi connectivity index (χ1n) is 8.53. The summed E-state index contributed by atoms with van der Waals surface area (Å²) in [6, 6.07) is 1.52. The van der Waals surface area contributed by atoms with Crippen LogP contribution < -0.4 is 5.32 Å². The molecule has 0 aromatic carbocycles. The molecule has 3 aromatic rings. The normalized spacial score (nSPS) is 20.7. The Kier molecular flexibility index (Phi) is 4.58. The van der Waals surface area contributed by atoms with Crippen molar-refractivity contribution in [3.05, 3.63) is 35.9 Å². The molecule has 1 aliphatic rings. The largest absolute Gasteiger partial charge is 0.391 e. The van der Waals surface area contributed by atoms with Crippen molar-refractivity contribution in [3.63, 3.8) is 0 Å². The number of imidazole rings is 1. The maximum atomic E-state index is 12.8. The van der Waals surface area contributed by atoms with Gasteiger partial charge in [-0.2, -0.15) is 13.2 Å². The molecule has 6 nitrogen and oxygen atoms in total. The molecule has 3 aromatic heterocycles. The Bertz CT molecular complexity index is 945. The molecule has 10 heteroatoms. The highest BCUT2D eigenvalue weighted by Crippen LogP contribution is 2.37. The number of hydrogen-bond donors (Lipinski definition) is 1. The fourth-order valence-corrected chi connectivity index (χ4v) is 4.13. The van der Waals surface area contributed by atoms with Crippen LogP contribution in [0.5, 0.6) is 0 Å². The SMILES string of the molecule is O=C(N[C@H]1CC[C@H](C(F)(F)F)CC1)c1nc(-n2ccnc2)nc2ccsc12. The molecule has 4 rings (SSSR count). The lowest BCUT2D eigenvalue weighted by atomic mass is 9.85. The van der Waals surface area contributed by atoms with Crippen LogP contribution in [-0.2, 0) is 0 Å². The van der Waals surface area contributed by atoms with E-state index in [1.54, 1.807) is 23.0 Å². The van der Waals surface area contributed by atoms with E-state index in [2.05, 4.69) is 20.3 Å². The van der Waals surface area contributed by atoms with Crippen LogP contribution in [0.15, 0.2) is 30.2 Å². The molecule has 0 aliphatic heterocycles. The summed E-state index contributed by atoms with van der Waals surface area (Å²) in [5.74, 6) is -1.34. The van der Waals surface area contributed by atoms with Gasteiger partial charge in [-0.05, 0) is 37.1 Å². The average molecular weight is 395 g/mol. The Morgan fingerprint density at radius 1 is 1.22 bits per heavy atom. The van der Waals surface area contributed by atoms with Crippen molar-refractivity contribution in [2.45, 2.75) is 37.9 Å². The summed E-state index contributed by atoms with van der Waals surface area (Å²) in [5, 5.41) is 4.67. The zero-order valence-electron chi connectivity index (χ0n) is 14.1. The van der Waals surface area contributed by atoms with Gasteiger partial charge in [0.1, 0.15) is 6.33 Å². The molecule has 1 saturated carbocycles. The number of thiophene rings is 1. The number of hydrogen-bond acceptors (Lipinski definition) is 5. The number of nitrogens with zero attached hydrogens (tertiary/aromatic N) is 4. The fourth-order valence-electron chi connectivity index (χ4n) is 3.32. The summed E-state index contributed by atoms with van der Waals surface area (Å²) in [7, 11) is 0. The summed E-state index contributed by atoms with van der Waals surface area (Å²) in [6.45, 7) is 0. The third-order valence-corrected chi connectivity index (χ3v) is 5.68. The molecule has 0 atom stereocenters. The fraction of sp³-hybridized carbons (Fsp3) is 0.412.